The van der Waals surface area contributed by atoms with Gasteiger partial charge < -0.3 is 48.4 Å². The van der Waals surface area contributed by atoms with Crippen LogP contribution in [0.2, 0.25) is 0 Å². The van der Waals surface area contributed by atoms with Crippen molar-refractivity contribution in [2.75, 3.05) is 59.2 Å². The average Bonchev–Trinajstić information content (AvgIpc) is 3.78. The van der Waals surface area contributed by atoms with Gasteiger partial charge in [0.05, 0.1) is 19.2 Å². The van der Waals surface area contributed by atoms with E-state index in [1.807, 2.05) is 40.8 Å². The maximum atomic E-state index is 12.8. The zero-order valence-electron chi connectivity index (χ0n) is 29.7. The molecule has 0 spiro atoms. The van der Waals surface area contributed by atoms with Crippen molar-refractivity contribution in [1.29, 1.82) is 5.41 Å². The minimum atomic E-state index is -0.301. The normalized spacial score (nSPS) is 11.9. The molecular weight excluding hydrogens is 610 g/mol. The second-order valence-electron chi connectivity index (χ2n) is 8.62. The summed E-state index contributed by atoms with van der Waals surface area (Å²) in [5.74, 6) is -0.627. The van der Waals surface area contributed by atoms with E-state index >= 15 is 0 Å². The van der Waals surface area contributed by atoms with Crippen molar-refractivity contribution in [2.24, 2.45) is 22.2 Å². The first-order chi connectivity index (χ1) is 23.3. The number of benzene rings is 1. The summed E-state index contributed by atoms with van der Waals surface area (Å²) in [4.78, 5) is 46.4. The van der Waals surface area contributed by atoms with E-state index in [4.69, 9.17) is 11.1 Å². The standard InChI is InChI=1S/C26H34N8O3.2C2H6.C2H2.CH4N2.CH5N/c1-4-18(26(37)34(3)10-9-29-16-27)11-17-12-22(31-15-17)25(36)32-20-6-5-19-13-23(33-21(19)14-20)24(35)30-8-7-28-2;3*1-2;2-1-3;1-2/h4-6,11-14,16,28,31,33H,7-10,15H2,1-3H3,(H2,27,29)(H,30,35)(H,32,36);2*1-2H3;1-2H;1H,(H3,2,3);2H2,1H3/b17-11-,18-4+;;;;;. The first-order valence-electron chi connectivity index (χ1n) is 15.5. The Labute approximate surface area is 286 Å². The van der Waals surface area contributed by atoms with Crippen molar-refractivity contribution in [1.82, 2.24) is 25.8 Å². The zero-order chi connectivity index (χ0) is 37.5. The van der Waals surface area contributed by atoms with Crippen molar-refractivity contribution in [3.05, 3.63) is 65.0 Å². The second kappa shape index (κ2) is 30.3. The van der Waals surface area contributed by atoms with E-state index < -0.39 is 0 Å². The minimum absolute atomic E-state index is 0.136. The number of nitrogens with zero attached hydrogens (tertiary/aromatic N) is 2. The van der Waals surface area contributed by atoms with Crippen molar-refractivity contribution >= 4 is 47.0 Å². The SMILES string of the molecule is C#C.C/C=C(\C=C1\C=C(C(=O)Nc2ccc3cc(C(=O)NCCNC)[nH]c3c2)NC1)C(=O)N(C)CCN=CN.CC.CC.CN.N=CN. The molecule has 2 aromatic rings. The maximum absolute atomic E-state index is 12.8. The number of rotatable bonds is 11. The molecule has 0 bridgehead atoms. The number of aromatic nitrogens is 1. The van der Waals surface area contributed by atoms with E-state index in [9.17, 15) is 14.4 Å². The molecule has 3 amide bonds. The first kappa shape index (κ1) is 47.0. The summed E-state index contributed by atoms with van der Waals surface area (Å²) >= 11 is 0. The molecule has 0 aliphatic carbocycles. The summed E-state index contributed by atoms with van der Waals surface area (Å²) in [5.41, 5.74) is 17.7. The van der Waals surface area contributed by atoms with Crippen molar-refractivity contribution in [3.8, 4) is 12.8 Å². The highest BCUT2D eigenvalue weighted by Crippen LogP contribution is 2.21. The van der Waals surface area contributed by atoms with Gasteiger partial charge in [-0.3, -0.25) is 24.8 Å². The molecule has 14 nitrogen and oxygen atoms in total. The Kier molecular flexibility index (Phi) is 29.7. The Hall–Kier alpha value is -5.39. The van der Waals surface area contributed by atoms with E-state index in [2.05, 4.69) is 55.6 Å². The van der Waals surface area contributed by atoms with Crippen LogP contribution in [0.15, 0.2) is 64.3 Å². The van der Waals surface area contributed by atoms with Crippen LogP contribution in [0.1, 0.15) is 45.1 Å². The number of nitrogens with two attached hydrogens (primary N) is 3. The van der Waals surface area contributed by atoms with Crippen molar-refractivity contribution in [2.45, 2.75) is 34.6 Å². The average molecular weight is 668 g/mol. The number of terminal acetylenes is 1. The van der Waals surface area contributed by atoms with Crippen LogP contribution in [0.25, 0.3) is 10.9 Å². The summed E-state index contributed by atoms with van der Waals surface area (Å²) in [6, 6.07) is 7.18. The molecule has 3 rings (SSSR count). The number of carbonyl (C=O) groups excluding carboxylic acids is 3. The quantitative estimate of drug-likeness (QED) is 0.0566. The van der Waals surface area contributed by atoms with Crippen LogP contribution in [-0.4, -0.2) is 94.1 Å². The molecule has 0 atom stereocenters. The molecule has 0 fully saturated rings. The van der Waals surface area contributed by atoms with Gasteiger partial charge in [-0.1, -0.05) is 39.8 Å². The predicted molar refractivity (Wildman–Crippen MR) is 202 cm³/mol. The fourth-order valence-corrected chi connectivity index (χ4v) is 3.72. The topological polar surface area (TPSA) is 233 Å². The number of nitrogens with one attached hydrogen (secondary N) is 6. The third-order valence-corrected chi connectivity index (χ3v) is 5.76. The molecule has 2 heterocycles. The van der Waals surface area contributed by atoms with Gasteiger partial charge in [-0.05, 0) is 56.9 Å². The van der Waals surface area contributed by atoms with Crippen LogP contribution >= 0.6 is 0 Å². The number of amides is 3. The van der Waals surface area contributed by atoms with Crippen molar-refractivity contribution < 1.29 is 14.4 Å². The van der Waals surface area contributed by atoms with Crippen LogP contribution in [0.3, 0.4) is 0 Å². The molecule has 1 aliphatic heterocycles. The molecule has 48 heavy (non-hydrogen) atoms. The predicted octanol–water partition coefficient (Wildman–Crippen LogP) is 2.29. The summed E-state index contributed by atoms with van der Waals surface area (Å²) < 4.78 is 0. The maximum Gasteiger partial charge on any atom is 0.271 e. The number of H-pyrrole nitrogens is 1. The minimum Gasteiger partial charge on any atom is -0.390 e. The third-order valence-electron chi connectivity index (χ3n) is 5.76. The van der Waals surface area contributed by atoms with Gasteiger partial charge in [-0.15, -0.1) is 12.8 Å². The second-order valence-corrected chi connectivity index (χ2v) is 8.62. The van der Waals surface area contributed by atoms with Crippen LogP contribution < -0.4 is 38.5 Å². The third kappa shape index (κ3) is 17.3. The van der Waals surface area contributed by atoms with Gasteiger partial charge in [0, 0.05) is 55.4 Å². The number of aliphatic imine (C=N–C) groups is 1. The summed E-state index contributed by atoms with van der Waals surface area (Å²) in [6.07, 6.45) is 15.2. The van der Waals surface area contributed by atoms with Gasteiger partial charge in [0.2, 0.25) is 0 Å². The molecule has 14 heteroatoms. The van der Waals surface area contributed by atoms with Gasteiger partial charge in [0.1, 0.15) is 11.4 Å². The zero-order valence-corrected chi connectivity index (χ0v) is 29.7. The Morgan fingerprint density at radius 2 is 1.69 bits per heavy atom. The molecular formula is C34H57N11O3. The highest BCUT2D eigenvalue weighted by atomic mass is 16.2. The van der Waals surface area contributed by atoms with Gasteiger partial charge in [0.15, 0.2) is 0 Å². The molecule has 0 saturated heterocycles. The Morgan fingerprint density at radius 3 is 2.25 bits per heavy atom. The van der Waals surface area contributed by atoms with E-state index in [-0.39, 0.29) is 17.7 Å². The fraction of sp³-hybridized carbons (Fsp3) is 0.382. The van der Waals surface area contributed by atoms with Gasteiger partial charge in [0.25, 0.3) is 17.7 Å². The lowest BCUT2D eigenvalue weighted by Gasteiger charge is -2.16. The van der Waals surface area contributed by atoms with E-state index in [1.165, 1.54) is 13.4 Å². The summed E-state index contributed by atoms with van der Waals surface area (Å²) in [7, 11) is 5.03. The highest BCUT2D eigenvalue weighted by Gasteiger charge is 2.19. The smallest absolute Gasteiger partial charge is 0.271 e. The number of hydrogen-bond acceptors (Lipinski definition) is 8. The number of fused-ring (bicyclic) bond motifs is 1. The Balaban J connectivity index is -0.00000165. The van der Waals surface area contributed by atoms with E-state index in [0.29, 0.717) is 55.4 Å². The largest absolute Gasteiger partial charge is 0.390 e. The number of hydrogen-bond donors (Lipinski definition) is 9. The lowest BCUT2D eigenvalue weighted by molar-refractivity contribution is -0.125. The van der Waals surface area contributed by atoms with E-state index in [0.717, 1.165) is 22.8 Å². The lowest BCUT2D eigenvalue weighted by Crippen LogP contribution is -2.30. The van der Waals surface area contributed by atoms with Crippen molar-refractivity contribution in [3.63, 3.8) is 0 Å². The molecule has 0 saturated carbocycles. The Morgan fingerprint density at radius 1 is 1.06 bits per heavy atom. The molecule has 266 valence electrons. The number of carbonyl (C=O) groups is 3. The van der Waals surface area contributed by atoms with Crippen LogP contribution in [0.5, 0.6) is 0 Å². The van der Waals surface area contributed by atoms with Gasteiger partial charge in [-0.25, -0.2) is 0 Å². The van der Waals surface area contributed by atoms with Crippen LogP contribution in [0.4, 0.5) is 5.69 Å². The van der Waals surface area contributed by atoms with Crippen LogP contribution in [-0.2, 0) is 9.59 Å². The number of likely N-dealkylation sites (N-methyl/N-ethyl adjacent to an activating group) is 2. The molecule has 0 unspecified atom stereocenters. The molecule has 12 N–H and O–H groups in total. The molecule has 1 aromatic carbocycles. The monoisotopic (exact) mass is 667 g/mol. The Bertz CT molecular complexity index is 1370. The molecule has 1 aromatic heterocycles. The molecule has 1 aliphatic rings. The first-order valence-corrected chi connectivity index (χ1v) is 15.5. The fourth-order valence-electron chi connectivity index (χ4n) is 3.72. The molecule has 0 radical (unpaired) electrons. The lowest BCUT2D eigenvalue weighted by atomic mass is 10.1. The number of allylic oxidation sites excluding steroid dienone is 1. The highest BCUT2D eigenvalue weighted by molar-refractivity contribution is 6.06. The van der Waals surface area contributed by atoms with Crippen LogP contribution in [0, 0.1) is 18.3 Å². The summed E-state index contributed by atoms with van der Waals surface area (Å²) in [6.45, 7) is 12.3. The number of anilines is 1. The van der Waals surface area contributed by atoms with E-state index in [1.54, 1.807) is 55.3 Å². The van der Waals surface area contributed by atoms with Gasteiger partial charge >= 0.3 is 0 Å². The van der Waals surface area contributed by atoms with Gasteiger partial charge in [-0.2, -0.15) is 0 Å². The summed E-state index contributed by atoms with van der Waals surface area (Å²) in [5, 5.41) is 18.5. The number of aromatic amines is 1.